The van der Waals surface area contributed by atoms with Crippen LogP contribution in [0.5, 0.6) is 0 Å². The second-order valence-corrected chi connectivity index (χ2v) is 10.4. The average Bonchev–Trinajstić information content (AvgIpc) is 2.76. The van der Waals surface area contributed by atoms with E-state index in [4.69, 9.17) is 11.6 Å². The zero-order valence-corrected chi connectivity index (χ0v) is 21.1. The van der Waals surface area contributed by atoms with Crippen molar-refractivity contribution >= 4 is 39.1 Å². The van der Waals surface area contributed by atoms with Gasteiger partial charge in [-0.2, -0.15) is 0 Å². The smallest absolute Gasteiger partial charge is 0.244 e. The lowest BCUT2D eigenvalue weighted by molar-refractivity contribution is -0.139. The number of nitrogens with zero attached hydrogens (tertiary/aromatic N) is 2. The number of benzene rings is 2. The first-order valence-corrected chi connectivity index (χ1v) is 13.1. The molecule has 180 valence electrons. The molecular formula is C24H32ClN3O4S. The second-order valence-electron chi connectivity index (χ2n) is 8.07. The number of amides is 2. The number of hydrogen-bond donors (Lipinski definition) is 1. The summed E-state index contributed by atoms with van der Waals surface area (Å²) in [4.78, 5) is 27.5. The molecule has 9 heteroatoms. The Morgan fingerprint density at radius 1 is 1.06 bits per heavy atom. The van der Waals surface area contributed by atoms with E-state index in [1.165, 1.54) is 4.90 Å². The number of anilines is 1. The maximum absolute atomic E-state index is 13.4. The summed E-state index contributed by atoms with van der Waals surface area (Å²) in [5.41, 5.74) is 2.14. The van der Waals surface area contributed by atoms with Gasteiger partial charge in [0.15, 0.2) is 0 Å². The third kappa shape index (κ3) is 8.05. The summed E-state index contributed by atoms with van der Waals surface area (Å²) in [7, 11) is -3.73. The summed E-state index contributed by atoms with van der Waals surface area (Å²) >= 11 is 5.97. The molecular weight excluding hydrogens is 462 g/mol. The minimum absolute atomic E-state index is 0.143. The van der Waals surface area contributed by atoms with Crippen LogP contribution in [-0.2, 0) is 26.2 Å². The lowest BCUT2D eigenvalue weighted by Crippen LogP contribution is -2.51. The number of aryl methyl sites for hydroxylation is 1. The number of halogens is 1. The molecule has 0 saturated heterocycles. The summed E-state index contributed by atoms with van der Waals surface area (Å²) in [5, 5.41) is 3.41. The molecule has 0 heterocycles. The van der Waals surface area contributed by atoms with E-state index >= 15 is 0 Å². The fraction of sp³-hybridized carbons (Fsp3) is 0.417. The van der Waals surface area contributed by atoms with Gasteiger partial charge in [-0.3, -0.25) is 13.9 Å². The summed E-state index contributed by atoms with van der Waals surface area (Å²) in [6.07, 6.45) is 2.82. The van der Waals surface area contributed by atoms with E-state index in [0.717, 1.165) is 34.5 Å². The molecule has 0 fully saturated rings. The van der Waals surface area contributed by atoms with E-state index in [1.54, 1.807) is 55.5 Å². The van der Waals surface area contributed by atoms with Gasteiger partial charge in [0.25, 0.3) is 0 Å². The highest BCUT2D eigenvalue weighted by Crippen LogP contribution is 2.20. The van der Waals surface area contributed by atoms with Gasteiger partial charge >= 0.3 is 0 Å². The van der Waals surface area contributed by atoms with Crippen molar-refractivity contribution in [2.24, 2.45) is 0 Å². The van der Waals surface area contributed by atoms with Gasteiger partial charge < -0.3 is 10.2 Å². The van der Waals surface area contributed by atoms with Gasteiger partial charge in [-0.15, -0.1) is 0 Å². The van der Waals surface area contributed by atoms with Gasteiger partial charge in [-0.25, -0.2) is 8.42 Å². The summed E-state index contributed by atoms with van der Waals surface area (Å²) in [6.45, 7) is 5.81. The molecule has 0 saturated carbocycles. The van der Waals surface area contributed by atoms with E-state index < -0.39 is 28.5 Å². The molecule has 0 aliphatic carbocycles. The lowest BCUT2D eigenvalue weighted by atomic mass is 10.1. The Kier molecular flexibility index (Phi) is 9.73. The molecule has 33 heavy (non-hydrogen) atoms. The van der Waals surface area contributed by atoms with Crippen LogP contribution in [0.15, 0.2) is 48.5 Å². The van der Waals surface area contributed by atoms with Gasteiger partial charge in [0, 0.05) is 18.1 Å². The molecule has 7 nitrogen and oxygen atoms in total. The van der Waals surface area contributed by atoms with Crippen molar-refractivity contribution in [2.45, 2.75) is 46.2 Å². The molecule has 0 aliphatic heterocycles. The number of rotatable bonds is 11. The molecule has 0 radical (unpaired) electrons. The van der Waals surface area contributed by atoms with Crippen molar-refractivity contribution in [1.29, 1.82) is 0 Å². The number of hydrogen-bond acceptors (Lipinski definition) is 4. The lowest BCUT2D eigenvalue weighted by Gasteiger charge is -2.31. The zero-order chi connectivity index (χ0) is 24.6. The molecule has 2 rings (SSSR count). The molecule has 2 aromatic carbocycles. The quantitative estimate of drug-likeness (QED) is 0.483. The van der Waals surface area contributed by atoms with Crippen molar-refractivity contribution in [3.05, 3.63) is 64.7 Å². The number of carbonyl (C=O) groups excluding carboxylic acids is 2. The van der Waals surface area contributed by atoms with E-state index in [9.17, 15) is 18.0 Å². The third-order valence-corrected chi connectivity index (χ3v) is 6.66. The normalized spacial score (nSPS) is 12.2. The highest BCUT2D eigenvalue weighted by Gasteiger charge is 2.29. The first-order chi connectivity index (χ1) is 15.5. The maximum atomic E-state index is 13.4. The molecule has 0 aromatic heterocycles. The van der Waals surface area contributed by atoms with Gasteiger partial charge in [0.05, 0.1) is 11.9 Å². The van der Waals surface area contributed by atoms with E-state index in [0.29, 0.717) is 17.3 Å². The number of carbonyl (C=O) groups is 2. The topological polar surface area (TPSA) is 86.8 Å². The van der Waals surface area contributed by atoms with E-state index in [1.807, 2.05) is 13.8 Å². The average molecular weight is 494 g/mol. The summed E-state index contributed by atoms with van der Waals surface area (Å²) < 4.78 is 26.1. The van der Waals surface area contributed by atoms with Crippen molar-refractivity contribution < 1.29 is 18.0 Å². The molecule has 2 aromatic rings. The molecule has 1 atom stereocenters. The molecule has 0 bridgehead atoms. The van der Waals surface area contributed by atoms with Gasteiger partial charge in [0.2, 0.25) is 21.8 Å². The Morgan fingerprint density at radius 3 is 2.21 bits per heavy atom. The SMILES string of the molecule is CCCCNC(=O)C(C)N(Cc1ccc(Cl)cc1)C(=O)CN(c1ccc(C)cc1)S(C)(=O)=O. The van der Waals surface area contributed by atoms with Crippen LogP contribution in [0.3, 0.4) is 0 Å². The van der Waals surface area contributed by atoms with Gasteiger partial charge in [-0.1, -0.05) is 54.8 Å². The zero-order valence-electron chi connectivity index (χ0n) is 19.5. The van der Waals surface area contributed by atoms with Crippen LogP contribution in [-0.4, -0.2) is 50.5 Å². The van der Waals surface area contributed by atoms with Crippen LogP contribution < -0.4 is 9.62 Å². The van der Waals surface area contributed by atoms with Crippen molar-refractivity contribution in [3.63, 3.8) is 0 Å². The van der Waals surface area contributed by atoms with Crippen LogP contribution in [0, 0.1) is 6.92 Å². The van der Waals surface area contributed by atoms with E-state index in [-0.39, 0.29) is 12.5 Å². The Morgan fingerprint density at radius 2 is 1.67 bits per heavy atom. The number of nitrogens with one attached hydrogen (secondary N) is 1. The van der Waals surface area contributed by atoms with Crippen molar-refractivity contribution in [3.8, 4) is 0 Å². The Balaban J connectivity index is 2.32. The predicted octanol–water partition coefficient (Wildman–Crippen LogP) is 3.75. The first-order valence-electron chi connectivity index (χ1n) is 10.9. The van der Waals surface area contributed by atoms with Crippen LogP contribution in [0.2, 0.25) is 5.02 Å². The van der Waals surface area contributed by atoms with Crippen LogP contribution in [0.1, 0.15) is 37.8 Å². The van der Waals surface area contributed by atoms with Crippen molar-refractivity contribution in [2.75, 3.05) is 23.7 Å². The van der Waals surface area contributed by atoms with Crippen molar-refractivity contribution in [1.82, 2.24) is 10.2 Å². The fourth-order valence-corrected chi connectivity index (χ4v) is 4.21. The van der Waals surface area contributed by atoms with Crippen LogP contribution in [0.4, 0.5) is 5.69 Å². The third-order valence-electron chi connectivity index (χ3n) is 5.26. The maximum Gasteiger partial charge on any atom is 0.244 e. The second kappa shape index (κ2) is 12.0. The molecule has 0 aliphatic rings. The summed E-state index contributed by atoms with van der Waals surface area (Å²) in [5.74, 6) is -0.763. The monoisotopic (exact) mass is 493 g/mol. The Bertz CT molecular complexity index is 1040. The largest absolute Gasteiger partial charge is 0.354 e. The highest BCUT2D eigenvalue weighted by atomic mass is 35.5. The summed E-state index contributed by atoms with van der Waals surface area (Å²) in [6, 6.07) is 13.1. The van der Waals surface area contributed by atoms with Crippen LogP contribution in [0.25, 0.3) is 0 Å². The Hall–Kier alpha value is -2.58. The molecule has 1 unspecified atom stereocenters. The van der Waals surface area contributed by atoms with Crippen LogP contribution >= 0.6 is 11.6 Å². The molecule has 1 N–H and O–H groups in total. The van der Waals surface area contributed by atoms with E-state index in [2.05, 4.69) is 5.32 Å². The minimum atomic E-state index is -3.73. The minimum Gasteiger partial charge on any atom is -0.354 e. The Labute approximate surface area is 201 Å². The standard InChI is InChI=1S/C24H32ClN3O4S/c1-5-6-15-26-24(30)19(3)27(16-20-9-11-21(25)12-10-20)23(29)17-28(33(4,31)32)22-13-7-18(2)8-14-22/h7-14,19H,5-6,15-17H2,1-4H3,(H,26,30). The molecule has 0 spiro atoms. The first kappa shape index (κ1) is 26.7. The highest BCUT2D eigenvalue weighted by molar-refractivity contribution is 7.92. The van der Waals surface area contributed by atoms with Gasteiger partial charge in [0.1, 0.15) is 12.6 Å². The van der Waals surface area contributed by atoms with Gasteiger partial charge in [-0.05, 0) is 50.1 Å². The number of sulfonamides is 1. The predicted molar refractivity (Wildman–Crippen MR) is 133 cm³/mol. The fourth-order valence-electron chi connectivity index (χ4n) is 3.23. The number of unbranched alkanes of at least 4 members (excludes halogenated alkanes) is 1. The molecule has 2 amide bonds.